The summed E-state index contributed by atoms with van der Waals surface area (Å²) < 4.78 is 5.26. The smallest absolute Gasteiger partial charge is 0.191 e. The van der Waals surface area contributed by atoms with Gasteiger partial charge in [0.2, 0.25) is 0 Å². The first kappa shape index (κ1) is 14.7. The van der Waals surface area contributed by atoms with Crippen LogP contribution in [0, 0.1) is 5.92 Å². The van der Waals surface area contributed by atoms with Crippen LogP contribution in [0.2, 0.25) is 0 Å². The fraction of sp³-hybridized carbons (Fsp3) is 0.389. The average Bonchev–Trinajstić information content (AvgIpc) is 3.38. The molecule has 0 saturated heterocycles. The lowest BCUT2D eigenvalue weighted by Crippen LogP contribution is -2.37. The fourth-order valence-electron chi connectivity index (χ4n) is 2.48. The third-order valence-electron chi connectivity index (χ3n) is 4.05. The zero-order valence-corrected chi connectivity index (χ0v) is 13.2. The van der Waals surface area contributed by atoms with Crippen LogP contribution >= 0.6 is 0 Å². The standard InChI is InChI=1S/C18H23N3O/c1-19-18(20-11-13-3-4-13)21-12-14-5-6-16-10-17(22-2)8-7-15(16)9-14/h5-10,13H,3-4,11-12H2,1-2H3,(H2,19,20,21). The van der Waals surface area contributed by atoms with E-state index in [1.165, 1.54) is 29.2 Å². The minimum atomic E-state index is 0.770. The molecule has 0 heterocycles. The van der Waals surface area contributed by atoms with Gasteiger partial charge in [-0.3, -0.25) is 4.99 Å². The van der Waals surface area contributed by atoms with Crippen molar-refractivity contribution in [3.05, 3.63) is 42.0 Å². The van der Waals surface area contributed by atoms with Crippen LogP contribution in [0.5, 0.6) is 5.75 Å². The number of rotatable bonds is 5. The highest BCUT2D eigenvalue weighted by Crippen LogP contribution is 2.27. The van der Waals surface area contributed by atoms with E-state index in [2.05, 4.69) is 46.0 Å². The largest absolute Gasteiger partial charge is 0.497 e. The van der Waals surface area contributed by atoms with Crippen LogP contribution in [0.25, 0.3) is 10.8 Å². The lowest BCUT2D eigenvalue weighted by Gasteiger charge is -2.12. The molecule has 0 aromatic heterocycles. The maximum Gasteiger partial charge on any atom is 0.191 e. The number of hydrogen-bond acceptors (Lipinski definition) is 2. The molecule has 1 aliphatic carbocycles. The van der Waals surface area contributed by atoms with Gasteiger partial charge in [-0.1, -0.05) is 18.2 Å². The SMILES string of the molecule is CN=C(NCc1ccc2cc(OC)ccc2c1)NCC1CC1. The Morgan fingerprint density at radius 1 is 1.14 bits per heavy atom. The predicted molar refractivity (Wildman–Crippen MR) is 91.4 cm³/mol. The number of guanidine groups is 1. The van der Waals surface area contributed by atoms with Crippen molar-refractivity contribution in [1.82, 2.24) is 10.6 Å². The highest BCUT2D eigenvalue weighted by molar-refractivity contribution is 5.85. The summed E-state index contributed by atoms with van der Waals surface area (Å²) in [5, 5.41) is 9.16. The van der Waals surface area contributed by atoms with Gasteiger partial charge in [-0.25, -0.2) is 0 Å². The van der Waals surface area contributed by atoms with Crippen molar-refractivity contribution in [3.63, 3.8) is 0 Å². The van der Waals surface area contributed by atoms with Crippen LogP contribution in [0.3, 0.4) is 0 Å². The number of ether oxygens (including phenoxy) is 1. The van der Waals surface area contributed by atoms with Crippen molar-refractivity contribution < 1.29 is 4.74 Å². The molecule has 0 bridgehead atoms. The molecule has 4 nitrogen and oxygen atoms in total. The molecule has 0 atom stereocenters. The topological polar surface area (TPSA) is 45.7 Å². The first-order chi connectivity index (χ1) is 10.8. The van der Waals surface area contributed by atoms with E-state index in [0.717, 1.165) is 30.7 Å². The van der Waals surface area contributed by atoms with Gasteiger partial charge in [-0.2, -0.15) is 0 Å². The third kappa shape index (κ3) is 3.70. The molecule has 0 aliphatic heterocycles. The number of nitrogens with zero attached hydrogens (tertiary/aromatic N) is 1. The number of nitrogens with one attached hydrogen (secondary N) is 2. The Kier molecular flexibility index (Phi) is 4.47. The second kappa shape index (κ2) is 6.69. The van der Waals surface area contributed by atoms with E-state index in [-0.39, 0.29) is 0 Å². The molecule has 0 unspecified atom stereocenters. The molecule has 0 amide bonds. The predicted octanol–water partition coefficient (Wildman–Crippen LogP) is 2.92. The molecule has 1 saturated carbocycles. The third-order valence-corrected chi connectivity index (χ3v) is 4.05. The molecule has 2 aromatic carbocycles. The second-order valence-electron chi connectivity index (χ2n) is 5.80. The van der Waals surface area contributed by atoms with Gasteiger partial charge in [0, 0.05) is 20.1 Å². The van der Waals surface area contributed by atoms with Crippen molar-refractivity contribution in [2.45, 2.75) is 19.4 Å². The molecule has 0 radical (unpaired) electrons. The maximum absolute atomic E-state index is 5.26. The van der Waals surface area contributed by atoms with E-state index in [1.54, 1.807) is 7.11 Å². The molecule has 2 aromatic rings. The minimum absolute atomic E-state index is 0.770. The van der Waals surface area contributed by atoms with Crippen molar-refractivity contribution in [1.29, 1.82) is 0 Å². The molecule has 4 heteroatoms. The molecule has 3 rings (SSSR count). The van der Waals surface area contributed by atoms with E-state index in [1.807, 2.05) is 13.1 Å². The van der Waals surface area contributed by atoms with Crippen LogP contribution in [0.1, 0.15) is 18.4 Å². The summed E-state index contributed by atoms with van der Waals surface area (Å²) in [7, 11) is 3.51. The summed E-state index contributed by atoms with van der Waals surface area (Å²) >= 11 is 0. The van der Waals surface area contributed by atoms with Crippen molar-refractivity contribution >= 4 is 16.7 Å². The lowest BCUT2D eigenvalue weighted by atomic mass is 10.1. The first-order valence-electron chi connectivity index (χ1n) is 7.79. The number of hydrogen-bond donors (Lipinski definition) is 2. The van der Waals surface area contributed by atoms with Gasteiger partial charge in [-0.05, 0) is 53.3 Å². The Bertz CT molecular complexity index is 677. The van der Waals surface area contributed by atoms with Crippen LogP contribution in [-0.4, -0.2) is 26.7 Å². The van der Waals surface area contributed by atoms with Gasteiger partial charge < -0.3 is 15.4 Å². The normalized spacial score (nSPS) is 14.9. The van der Waals surface area contributed by atoms with E-state index >= 15 is 0 Å². The van der Waals surface area contributed by atoms with Gasteiger partial charge >= 0.3 is 0 Å². The monoisotopic (exact) mass is 297 g/mol. The molecule has 0 spiro atoms. The Balaban J connectivity index is 1.62. The molecule has 1 fully saturated rings. The van der Waals surface area contributed by atoms with E-state index in [4.69, 9.17) is 4.74 Å². The Morgan fingerprint density at radius 3 is 2.64 bits per heavy atom. The van der Waals surface area contributed by atoms with Crippen molar-refractivity contribution in [2.75, 3.05) is 20.7 Å². The highest BCUT2D eigenvalue weighted by atomic mass is 16.5. The van der Waals surface area contributed by atoms with Gasteiger partial charge in [0.25, 0.3) is 0 Å². The second-order valence-corrected chi connectivity index (χ2v) is 5.80. The molecule has 1 aliphatic rings. The molecule has 116 valence electrons. The highest BCUT2D eigenvalue weighted by Gasteiger charge is 2.20. The summed E-state index contributed by atoms with van der Waals surface area (Å²) in [5.74, 6) is 2.61. The number of aliphatic imine (C=N–C) groups is 1. The van der Waals surface area contributed by atoms with Crippen LogP contribution < -0.4 is 15.4 Å². The van der Waals surface area contributed by atoms with E-state index < -0.39 is 0 Å². The van der Waals surface area contributed by atoms with Crippen LogP contribution in [0.4, 0.5) is 0 Å². The Labute approximate surface area is 131 Å². The minimum Gasteiger partial charge on any atom is -0.497 e. The van der Waals surface area contributed by atoms with Crippen molar-refractivity contribution in [3.8, 4) is 5.75 Å². The summed E-state index contributed by atoms with van der Waals surface area (Å²) in [6.07, 6.45) is 2.69. The van der Waals surface area contributed by atoms with Gasteiger partial charge in [0.15, 0.2) is 5.96 Å². The molecule has 2 N–H and O–H groups in total. The summed E-state index contributed by atoms with van der Waals surface area (Å²) in [6.45, 7) is 1.80. The van der Waals surface area contributed by atoms with Gasteiger partial charge in [0.1, 0.15) is 5.75 Å². The summed E-state index contributed by atoms with van der Waals surface area (Å²) in [4.78, 5) is 4.27. The molecular formula is C18H23N3O. The fourth-order valence-corrected chi connectivity index (χ4v) is 2.48. The molecular weight excluding hydrogens is 274 g/mol. The maximum atomic E-state index is 5.26. The zero-order valence-electron chi connectivity index (χ0n) is 13.2. The zero-order chi connectivity index (χ0) is 15.4. The van der Waals surface area contributed by atoms with Gasteiger partial charge in [-0.15, -0.1) is 0 Å². The number of methoxy groups -OCH3 is 1. The average molecular weight is 297 g/mol. The van der Waals surface area contributed by atoms with E-state index in [9.17, 15) is 0 Å². The quantitative estimate of drug-likeness (QED) is 0.659. The van der Waals surface area contributed by atoms with Crippen LogP contribution in [0.15, 0.2) is 41.4 Å². The van der Waals surface area contributed by atoms with Crippen LogP contribution in [-0.2, 0) is 6.54 Å². The summed E-state index contributed by atoms with van der Waals surface area (Å²) in [5.41, 5.74) is 1.24. The summed E-state index contributed by atoms with van der Waals surface area (Å²) in [6, 6.07) is 12.6. The number of benzene rings is 2. The Hall–Kier alpha value is -2.23. The number of fused-ring (bicyclic) bond motifs is 1. The Morgan fingerprint density at radius 2 is 1.91 bits per heavy atom. The lowest BCUT2D eigenvalue weighted by molar-refractivity contribution is 0.415. The molecule has 22 heavy (non-hydrogen) atoms. The first-order valence-corrected chi connectivity index (χ1v) is 7.79. The van der Waals surface area contributed by atoms with Crippen molar-refractivity contribution in [2.24, 2.45) is 10.9 Å². The van der Waals surface area contributed by atoms with E-state index in [0.29, 0.717) is 0 Å². The van der Waals surface area contributed by atoms with Gasteiger partial charge in [0.05, 0.1) is 7.11 Å².